The summed E-state index contributed by atoms with van der Waals surface area (Å²) in [5, 5.41) is 2.82. The molecule has 0 unspecified atom stereocenters. The molecular formula is C11H19N3OS2. The maximum Gasteiger partial charge on any atom is 0.225 e. The molecule has 0 saturated carbocycles. The van der Waals surface area contributed by atoms with Crippen LogP contribution in [-0.2, 0) is 10.5 Å². The van der Waals surface area contributed by atoms with Crippen molar-refractivity contribution in [2.45, 2.75) is 26.0 Å². The normalized spacial score (nSPS) is 10.5. The summed E-state index contributed by atoms with van der Waals surface area (Å²) in [5.41, 5.74) is 6.48. The number of aromatic nitrogens is 1. The van der Waals surface area contributed by atoms with Crippen LogP contribution < -0.4 is 10.6 Å². The fourth-order valence-electron chi connectivity index (χ4n) is 1.34. The summed E-state index contributed by atoms with van der Waals surface area (Å²) >= 11 is 3.36. The van der Waals surface area contributed by atoms with Crippen LogP contribution in [0.4, 0.5) is 5.13 Å². The van der Waals surface area contributed by atoms with Crippen LogP contribution in [0.2, 0.25) is 0 Å². The Hall–Kier alpha value is -0.590. The molecule has 0 atom stereocenters. The maximum atomic E-state index is 11.4. The summed E-state index contributed by atoms with van der Waals surface area (Å²) < 4.78 is 0. The lowest BCUT2D eigenvalue weighted by atomic mass is 10.5. The summed E-state index contributed by atoms with van der Waals surface area (Å²) in [6, 6.07) is 0. The number of thiazole rings is 1. The van der Waals surface area contributed by atoms with Crippen molar-refractivity contribution in [3.63, 3.8) is 0 Å². The number of nitrogens with two attached hydrogens (primary N) is 1. The van der Waals surface area contributed by atoms with Crippen molar-refractivity contribution in [1.82, 2.24) is 4.98 Å². The molecule has 0 aliphatic rings. The minimum absolute atomic E-state index is 0.0455. The van der Waals surface area contributed by atoms with Gasteiger partial charge < -0.3 is 5.73 Å². The smallest absolute Gasteiger partial charge is 0.225 e. The fraction of sp³-hybridized carbons (Fsp3) is 0.636. The second-order valence-electron chi connectivity index (χ2n) is 3.58. The number of hydrogen-bond donors (Lipinski definition) is 1. The minimum atomic E-state index is 0.0455. The topological polar surface area (TPSA) is 59.2 Å². The van der Waals surface area contributed by atoms with Gasteiger partial charge in [-0.15, -0.1) is 11.3 Å². The van der Waals surface area contributed by atoms with E-state index < -0.39 is 0 Å². The molecule has 0 fully saturated rings. The highest BCUT2D eigenvalue weighted by atomic mass is 32.2. The monoisotopic (exact) mass is 273 g/mol. The zero-order valence-corrected chi connectivity index (χ0v) is 11.9. The predicted molar refractivity (Wildman–Crippen MR) is 75.6 cm³/mol. The molecule has 1 heterocycles. The van der Waals surface area contributed by atoms with Gasteiger partial charge in [-0.25, -0.2) is 4.98 Å². The number of carbonyl (C=O) groups excluding carboxylic acids is 1. The van der Waals surface area contributed by atoms with Crippen molar-refractivity contribution >= 4 is 34.1 Å². The second-order valence-corrected chi connectivity index (χ2v) is 5.52. The number of amides is 1. The van der Waals surface area contributed by atoms with Crippen molar-refractivity contribution in [2.24, 2.45) is 5.73 Å². The quantitative estimate of drug-likeness (QED) is 0.773. The molecule has 0 radical (unpaired) electrons. The Labute approximate surface area is 111 Å². The van der Waals surface area contributed by atoms with E-state index in [0.29, 0.717) is 6.54 Å². The van der Waals surface area contributed by atoms with Crippen molar-refractivity contribution in [3.8, 4) is 0 Å². The molecule has 0 aliphatic carbocycles. The first-order valence-corrected chi connectivity index (χ1v) is 7.72. The van der Waals surface area contributed by atoms with Crippen LogP contribution in [0.1, 0.15) is 26.0 Å². The molecular weight excluding hydrogens is 254 g/mol. The Balaban J connectivity index is 2.49. The third kappa shape index (κ3) is 4.65. The zero-order valence-electron chi connectivity index (χ0n) is 10.3. The Morgan fingerprint density at radius 3 is 3.00 bits per heavy atom. The first-order chi connectivity index (χ1) is 8.19. The van der Waals surface area contributed by atoms with E-state index in [1.54, 1.807) is 11.8 Å². The molecule has 1 aromatic heterocycles. The molecule has 0 aromatic carbocycles. The van der Waals surface area contributed by atoms with Crippen LogP contribution in [0.5, 0.6) is 0 Å². The SMILES string of the molecule is CCN(C(C)=O)c1nc(CSCCCN)cs1. The van der Waals surface area contributed by atoms with Gasteiger partial charge in [0.15, 0.2) is 5.13 Å². The van der Waals surface area contributed by atoms with Gasteiger partial charge in [0.1, 0.15) is 0 Å². The molecule has 4 nitrogen and oxygen atoms in total. The van der Waals surface area contributed by atoms with Gasteiger partial charge in [-0.05, 0) is 25.6 Å². The number of hydrogen-bond acceptors (Lipinski definition) is 5. The molecule has 2 N–H and O–H groups in total. The average molecular weight is 273 g/mol. The zero-order chi connectivity index (χ0) is 12.7. The molecule has 1 amide bonds. The van der Waals surface area contributed by atoms with Gasteiger partial charge in [-0.3, -0.25) is 9.69 Å². The summed E-state index contributed by atoms with van der Waals surface area (Å²) in [7, 11) is 0. The van der Waals surface area contributed by atoms with Crippen molar-refractivity contribution in [2.75, 3.05) is 23.7 Å². The van der Waals surface area contributed by atoms with Gasteiger partial charge in [0.05, 0.1) is 5.69 Å². The Morgan fingerprint density at radius 1 is 1.65 bits per heavy atom. The fourth-order valence-corrected chi connectivity index (χ4v) is 3.25. The van der Waals surface area contributed by atoms with Crippen molar-refractivity contribution in [3.05, 3.63) is 11.1 Å². The van der Waals surface area contributed by atoms with Gasteiger partial charge in [0.25, 0.3) is 0 Å². The minimum Gasteiger partial charge on any atom is -0.330 e. The Bertz CT molecular complexity index is 354. The van der Waals surface area contributed by atoms with Gasteiger partial charge in [-0.1, -0.05) is 0 Å². The van der Waals surface area contributed by atoms with Crippen LogP contribution in [0.25, 0.3) is 0 Å². The lowest BCUT2D eigenvalue weighted by Gasteiger charge is -2.14. The molecule has 0 saturated heterocycles. The van der Waals surface area contributed by atoms with E-state index in [4.69, 9.17) is 5.73 Å². The lowest BCUT2D eigenvalue weighted by molar-refractivity contribution is -0.116. The van der Waals surface area contributed by atoms with Gasteiger partial charge in [0, 0.05) is 24.6 Å². The van der Waals surface area contributed by atoms with Crippen LogP contribution in [0.15, 0.2) is 5.38 Å². The van der Waals surface area contributed by atoms with Gasteiger partial charge >= 0.3 is 0 Å². The average Bonchev–Trinajstić information content (AvgIpc) is 2.74. The third-order valence-corrected chi connectivity index (χ3v) is 4.20. The highest BCUT2D eigenvalue weighted by Gasteiger charge is 2.12. The van der Waals surface area contributed by atoms with E-state index in [9.17, 15) is 4.79 Å². The number of carbonyl (C=O) groups is 1. The highest BCUT2D eigenvalue weighted by Crippen LogP contribution is 2.23. The molecule has 0 aliphatic heterocycles. The van der Waals surface area contributed by atoms with E-state index in [2.05, 4.69) is 4.98 Å². The lowest BCUT2D eigenvalue weighted by Crippen LogP contribution is -2.27. The van der Waals surface area contributed by atoms with E-state index in [1.165, 1.54) is 11.3 Å². The number of rotatable bonds is 7. The number of thioether (sulfide) groups is 1. The molecule has 1 rings (SSSR count). The van der Waals surface area contributed by atoms with Crippen molar-refractivity contribution < 1.29 is 4.79 Å². The maximum absolute atomic E-state index is 11.4. The van der Waals surface area contributed by atoms with Crippen LogP contribution >= 0.6 is 23.1 Å². The van der Waals surface area contributed by atoms with Crippen LogP contribution in [-0.4, -0.2) is 29.7 Å². The first-order valence-electron chi connectivity index (χ1n) is 5.69. The summed E-state index contributed by atoms with van der Waals surface area (Å²) in [6.07, 6.45) is 1.04. The summed E-state index contributed by atoms with van der Waals surface area (Å²) in [5.74, 6) is 2.00. The van der Waals surface area contributed by atoms with Crippen LogP contribution in [0.3, 0.4) is 0 Å². The standard InChI is InChI=1S/C11H19N3OS2/c1-3-14(9(2)15)11-13-10(8-17-11)7-16-6-4-5-12/h8H,3-7,12H2,1-2H3. The second kappa shape index (κ2) is 7.68. The first kappa shape index (κ1) is 14.5. The number of nitrogens with zero attached hydrogens (tertiary/aromatic N) is 2. The summed E-state index contributed by atoms with van der Waals surface area (Å²) in [4.78, 5) is 17.5. The van der Waals surface area contributed by atoms with E-state index in [1.807, 2.05) is 24.1 Å². The van der Waals surface area contributed by atoms with E-state index >= 15 is 0 Å². The van der Waals surface area contributed by atoms with E-state index in [0.717, 1.165) is 35.3 Å². The predicted octanol–water partition coefficient (Wildman–Crippen LogP) is 2.10. The molecule has 6 heteroatoms. The Morgan fingerprint density at radius 2 is 2.41 bits per heavy atom. The largest absolute Gasteiger partial charge is 0.330 e. The van der Waals surface area contributed by atoms with Crippen LogP contribution in [0, 0.1) is 0 Å². The van der Waals surface area contributed by atoms with Crippen molar-refractivity contribution in [1.29, 1.82) is 0 Å². The highest BCUT2D eigenvalue weighted by molar-refractivity contribution is 7.98. The summed E-state index contributed by atoms with van der Waals surface area (Å²) in [6.45, 7) is 4.94. The van der Waals surface area contributed by atoms with Gasteiger partial charge in [0.2, 0.25) is 5.91 Å². The molecule has 0 bridgehead atoms. The molecule has 0 spiro atoms. The Kier molecular flexibility index (Phi) is 6.54. The third-order valence-electron chi connectivity index (χ3n) is 2.21. The molecule has 96 valence electrons. The van der Waals surface area contributed by atoms with Gasteiger partial charge in [-0.2, -0.15) is 11.8 Å². The molecule has 17 heavy (non-hydrogen) atoms. The van der Waals surface area contributed by atoms with E-state index in [-0.39, 0.29) is 5.91 Å². The molecule has 1 aromatic rings. The number of anilines is 1.